The maximum Gasteiger partial charge on any atom is 0.142 e. The molecule has 18 heavy (non-hydrogen) atoms. The van der Waals surface area contributed by atoms with Gasteiger partial charge in [0, 0.05) is 6.04 Å². The Bertz CT molecular complexity index is 546. The molecule has 3 N–H and O–H groups in total. The lowest BCUT2D eigenvalue weighted by Crippen LogP contribution is -2.35. The maximum absolute atomic E-state index is 5.63. The van der Waals surface area contributed by atoms with Crippen LogP contribution in [0.15, 0.2) is 24.4 Å². The second-order valence-corrected chi connectivity index (χ2v) is 4.97. The van der Waals surface area contributed by atoms with Crippen molar-refractivity contribution in [2.75, 3.05) is 12.3 Å². The number of piperidine rings is 1. The smallest absolute Gasteiger partial charge is 0.142 e. The summed E-state index contributed by atoms with van der Waals surface area (Å²) in [5.41, 5.74) is 8.75. The number of nitrogen functional groups attached to an aromatic ring is 1. The number of rotatable bonds is 2. The summed E-state index contributed by atoms with van der Waals surface area (Å²) in [4.78, 5) is 8.59. The molecule has 0 radical (unpaired) electrons. The fourth-order valence-electron chi connectivity index (χ4n) is 2.58. The summed E-state index contributed by atoms with van der Waals surface area (Å²) < 4.78 is 0. The molecule has 4 nitrogen and oxygen atoms in total. The molecule has 2 heterocycles. The van der Waals surface area contributed by atoms with E-state index in [1.165, 1.54) is 24.8 Å². The third kappa shape index (κ3) is 2.43. The van der Waals surface area contributed by atoms with E-state index in [1.807, 2.05) is 6.07 Å². The number of fused-ring (bicyclic) bond motifs is 1. The minimum Gasteiger partial charge on any atom is -0.382 e. The molecule has 0 aliphatic carbocycles. The zero-order valence-electron chi connectivity index (χ0n) is 10.4. The summed E-state index contributed by atoms with van der Waals surface area (Å²) in [7, 11) is 0. The van der Waals surface area contributed by atoms with Crippen LogP contribution in [0, 0.1) is 0 Å². The highest BCUT2D eigenvalue weighted by atomic mass is 14.9. The van der Waals surface area contributed by atoms with Crippen LogP contribution in [-0.4, -0.2) is 22.6 Å². The molecule has 0 bridgehead atoms. The fraction of sp³-hybridized carbons (Fsp3) is 0.429. The monoisotopic (exact) mass is 242 g/mol. The van der Waals surface area contributed by atoms with Gasteiger partial charge in [0.25, 0.3) is 0 Å². The molecule has 1 unspecified atom stereocenters. The number of aromatic nitrogens is 2. The second kappa shape index (κ2) is 4.90. The van der Waals surface area contributed by atoms with Crippen molar-refractivity contribution in [3.63, 3.8) is 0 Å². The van der Waals surface area contributed by atoms with Crippen molar-refractivity contribution in [2.24, 2.45) is 0 Å². The molecule has 4 heteroatoms. The molecular weight excluding hydrogens is 224 g/mol. The number of hydrogen-bond donors (Lipinski definition) is 2. The van der Waals surface area contributed by atoms with Crippen molar-refractivity contribution in [2.45, 2.75) is 31.7 Å². The van der Waals surface area contributed by atoms with Gasteiger partial charge in [0.1, 0.15) is 5.82 Å². The SMILES string of the molecule is Nc1cnc2cc(CC3CCCCN3)ccc2n1. The van der Waals surface area contributed by atoms with Crippen molar-refractivity contribution >= 4 is 16.9 Å². The van der Waals surface area contributed by atoms with Gasteiger partial charge in [0.15, 0.2) is 0 Å². The molecule has 0 spiro atoms. The third-order valence-corrected chi connectivity index (χ3v) is 3.52. The maximum atomic E-state index is 5.63. The van der Waals surface area contributed by atoms with Gasteiger partial charge in [0.05, 0.1) is 17.2 Å². The molecule has 1 aromatic heterocycles. The molecule has 2 aromatic rings. The van der Waals surface area contributed by atoms with E-state index in [0.29, 0.717) is 11.9 Å². The first-order chi connectivity index (χ1) is 8.81. The average molecular weight is 242 g/mol. The van der Waals surface area contributed by atoms with Crippen LogP contribution in [0.3, 0.4) is 0 Å². The second-order valence-electron chi connectivity index (χ2n) is 4.97. The highest BCUT2D eigenvalue weighted by Gasteiger charge is 2.13. The van der Waals surface area contributed by atoms with Gasteiger partial charge in [-0.05, 0) is 43.5 Å². The normalized spacial score (nSPS) is 20.1. The van der Waals surface area contributed by atoms with Gasteiger partial charge in [-0.25, -0.2) is 4.98 Å². The summed E-state index contributed by atoms with van der Waals surface area (Å²) >= 11 is 0. The van der Waals surface area contributed by atoms with Crippen molar-refractivity contribution in [1.29, 1.82) is 0 Å². The molecule has 1 fully saturated rings. The minimum absolute atomic E-state index is 0.476. The predicted molar refractivity (Wildman–Crippen MR) is 73.3 cm³/mol. The Morgan fingerprint density at radius 1 is 1.28 bits per heavy atom. The van der Waals surface area contributed by atoms with Crippen LogP contribution in [-0.2, 0) is 6.42 Å². The first-order valence-corrected chi connectivity index (χ1v) is 6.56. The number of nitrogens with zero attached hydrogens (tertiary/aromatic N) is 2. The molecule has 1 aliphatic heterocycles. The Morgan fingerprint density at radius 2 is 2.22 bits per heavy atom. The Balaban J connectivity index is 1.82. The summed E-state index contributed by atoms with van der Waals surface area (Å²) in [5, 5.41) is 3.57. The minimum atomic E-state index is 0.476. The number of nitrogens with two attached hydrogens (primary N) is 1. The number of benzene rings is 1. The van der Waals surface area contributed by atoms with Gasteiger partial charge < -0.3 is 11.1 Å². The Kier molecular flexibility index (Phi) is 3.11. The van der Waals surface area contributed by atoms with E-state index in [-0.39, 0.29) is 0 Å². The van der Waals surface area contributed by atoms with Gasteiger partial charge in [-0.2, -0.15) is 0 Å². The van der Waals surface area contributed by atoms with Crippen LogP contribution in [0.2, 0.25) is 0 Å². The van der Waals surface area contributed by atoms with Crippen LogP contribution < -0.4 is 11.1 Å². The van der Waals surface area contributed by atoms with E-state index in [4.69, 9.17) is 5.73 Å². The molecule has 0 amide bonds. The van der Waals surface area contributed by atoms with Gasteiger partial charge >= 0.3 is 0 Å². The lowest BCUT2D eigenvalue weighted by molar-refractivity contribution is 0.399. The largest absolute Gasteiger partial charge is 0.382 e. The van der Waals surface area contributed by atoms with E-state index in [1.54, 1.807) is 6.20 Å². The van der Waals surface area contributed by atoms with E-state index in [9.17, 15) is 0 Å². The summed E-state index contributed by atoms with van der Waals surface area (Å²) in [6.07, 6.45) is 6.60. The summed E-state index contributed by atoms with van der Waals surface area (Å²) in [5.74, 6) is 0.476. The zero-order chi connectivity index (χ0) is 12.4. The van der Waals surface area contributed by atoms with E-state index < -0.39 is 0 Å². The molecular formula is C14H18N4. The lowest BCUT2D eigenvalue weighted by atomic mass is 9.97. The third-order valence-electron chi connectivity index (χ3n) is 3.52. The number of anilines is 1. The van der Waals surface area contributed by atoms with E-state index in [0.717, 1.165) is 24.0 Å². The first-order valence-electron chi connectivity index (χ1n) is 6.56. The van der Waals surface area contributed by atoms with Crippen LogP contribution in [0.1, 0.15) is 24.8 Å². The van der Waals surface area contributed by atoms with Crippen molar-refractivity contribution in [1.82, 2.24) is 15.3 Å². The van der Waals surface area contributed by atoms with Gasteiger partial charge in [-0.15, -0.1) is 0 Å². The molecule has 1 atom stereocenters. The van der Waals surface area contributed by atoms with Crippen LogP contribution in [0.5, 0.6) is 0 Å². The molecule has 1 saturated heterocycles. The molecule has 1 aromatic carbocycles. The highest BCUT2D eigenvalue weighted by Crippen LogP contribution is 2.17. The topological polar surface area (TPSA) is 63.8 Å². The van der Waals surface area contributed by atoms with Crippen molar-refractivity contribution in [3.05, 3.63) is 30.0 Å². The fourth-order valence-corrected chi connectivity index (χ4v) is 2.58. The standard InChI is InChI=1S/C14H18N4/c15-14-9-17-13-8-10(4-5-12(13)18-14)7-11-3-1-2-6-16-11/h4-5,8-9,11,16H,1-3,6-7H2,(H2,15,18). The summed E-state index contributed by atoms with van der Waals surface area (Å²) in [6, 6.07) is 6.87. The number of hydrogen-bond acceptors (Lipinski definition) is 4. The predicted octanol–water partition coefficient (Wildman–Crippen LogP) is 1.90. The van der Waals surface area contributed by atoms with Crippen LogP contribution in [0.25, 0.3) is 11.0 Å². The van der Waals surface area contributed by atoms with Gasteiger partial charge in [-0.3, -0.25) is 4.98 Å². The van der Waals surface area contributed by atoms with Gasteiger partial charge in [0.2, 0.25) is 0 Å². The van der Waals surface area contributed by atoms with E-state index >= 15 is 0 Å². The Labute approximate surface area is 107 Å². The summed E-state index contributed by atoms with van der Waals surface area (Å²) in [6.45, 7) is 1.15. The average Bonchev–Trinajstić information content (AvgIpc) is 2.40. The van der Waals surface area contributed by atoms with Crippen LogP contribution >= 0.6 is 0 Å². The zero-order valence-corrected chi connectivity index (χ0v) is 10.4. The van der Waals surface area contributed by atoms with Gasteiger partial charge in [-0.1, -0.05) is 12.5 Å². The van der Waals surface area contributed by atoms with Crippen molar-refractivity contribution in [3.8, 4) is 0 Å². The number of nitrogens with one attached hydrogen (secondary N) is 1. The molecule has 3 rings (SSSR count). The van der Waals surface area contributed by atoms with Crippen LogP contribution in [0.4, 0.5) is 5.82 Å². The molecule has 1 aliphatic rings. The Hall–Kier alpha value is -1.68. The lowest BCUT2D eigenvalue weighted by Gasteiger charge is -2.23. The first kappa shape index (κ1) is 11.4. The molecule has 94 valence electrons. The Morgan fingerprint density at radius 3 is 3.06 bits per heavy atom. The quantitative estimate of drug-likeness (QED) is 0.844. The van der Waals surface area contributed by atoms with E-state index in [2.05, 4.69) is 27.4 Å². The molecule has 0 saturated carbocycles. The van der Waals surface area contributed by atoms with Crippen molar-refractivity contribution < 1.29 is 0 Å². The highest BCUT2D eigenvalue weighted by molar-refractivity contribution is 5.76.